The van der Waals surface area contributed by atoms with Gasteiger partial charge in [0.2, 0.25) is 0 Å². The van der Waals surface area contributed by atoms with Crippen LogP contribution < -0.4 is 0 Å². The second-order valence-electron chi connectivity index (χ2n) is 6.22. The topological polar surface area (TPSA) is 52.1 Å². The summed E-state index contributed by atoms with van der Waals surface area (Å²) in [6.07, 6.45) is 7.18. The van der Waals surface area contributed by atoms with Gasteiger partial charge in [-0.2, -0.15) is 5.10 Å². The van der Waals surface area contributed by atoms with Gasteiger partial charge in [-0.05, 0) is 37.4 Å². The molecule has 1 saturated heterocycles. The van der Waals surface area contributed by atoms with Gasteiger partial charge in [0.15, 0.2) is 0 Å². The first kappa shape index (κ1) is 15.3. The first-order valence-corrected chi connectivity index (χ1v) is 8.28. The molecule has 2 heterocycles. The van der Waals surface area contributed by atoms with Crippen LogP contribution in [0.4, 0.5) is 0 Å². The van der Waals surface area contributed by atoms with Gasteiger partial charge in [-0.25, -0.2) is 0 Å². The number of hydrogen-bond donors (Lipinski definition) is 2. The average molecular weight is 299 g/mol. The molecule has 22 heavy (non-hydrogen) atoms. The van der Waals surface area contributed by atoms with Crippen molar-refractivity contribution in [3.63, 3.8) is 0 Å². The van der Waals surface area contributed by atoms with E-state index in [1.165, 1.54) is 19.3 Å². The van der Waals surface area contributed by atoms with E-state index in [2.05, 4.69) is 15.1 Å². The molecule has 3 rings (SSSR count). The van der Waals surface area contributed by atoms with E-state index in [1.807, 2.05) is 36.4 Å². The Morgan fingerprint density at radius 3 is 2.82 bits per heavy atom. The molecule has 0 saturated carbocycles. The van der Waals surface area contributed by atoms with Crippen LogP contribution in [0.2, 0.25) is 0 Å². The van der Waals surface area contributed by atoms with Gasteiger partial charge in [-0.3, -0.25) is 10.00 Å². The lowest BCUT2D eigenvalue weighted by molar-refractivity contribution is 0.0968. The van der Waals surface area contributed by atoms with E-state index in [0.29, 0.717) is 6.04 Å². The molecule has 2 unspecified atom stereocenters. The maximum atomic E-state index is 10.6. The second kappa shape index (κ2) is 7.56. The molecule has 2 aromatic rings. The molecule has 1 aliphatic rings. The molecule has 4 nitrogen and oxygen atoms in total. The van der Waals surface area contributed by atoms with Crippen molar-refractivity contribution >= 4 is 0 Å². The summed E-state index contributed by atoms with van der Waals surface area (Å²) in [7, 11) is 0. The van der Waals surface area contributed by atoms with Crippen molar-refractivity contribution < 1.29 is 5.11 Å². The van der Waals surface area contributed by atoms with Crippen LogP contribution in [0.3, 0.4) is 0 Å². The highest BCUT2D eigenvalue weighted by atomic mass is 16.3. The molecule has 0 aliphatic carbocycles. The summed E-state index contributed by atoms with van der Waals surface area (Å²) in [6.45, 7) is 2.00. The highest BCUT2D eigenvalue weighted by Gasteiger charge is 2.24. The first-order chi connectivity index (χ1) is 10.8. The van der Waals surface area contributed by atoms with E-state index in [9.17, 15) is 5.11 Å². The number of benzene rings is 1. The Morgan fingerprint density at radius 1 is 1.18 bits per heavy atom. The van der Waals surface area contributed by atoms with Gasteiger partial charge in [0, 0.05) is 24.5 Å². The molecule has 1 fully saturated rings. The lowest BCUT2D eigenvalue weighted by atomic mass is 9.98. The van der Waals surface area contributed by atoms with Crippen LogP contribution in [0.25, 0.3) is 0 Å². The first-order valence-electron chi connectivity index (χ1n) is 8.28. The smallest absolute Gasteiger partial charge is 0.0805 e. The Hall–Kier alpha value is -1.65. The normalized spacial score (nSPS) is 21.4. The molecule has 0 bridgehead atoms. The number of aliphatic hydroxyl groups is 1. The minimum atomic E-state index is -0.381. The fraction of sp³-hybridized carbons (Fsp3) is 0.500. The molecule has 2 atom stereocenters. The Bertz CT molecular complexity index is 541. The van der Waals surface area contributed by atoms with Crippen molar-refractivity contribution in [1.82, 2.24) is 15.1 Å². The van der Waals surface area contributed by atoms with Crippen molar-refractivity contribution in [2.45, 2.75) is 50.8 Å². The van der Waals surface area contributed by atoms with Crippen LogP contribution in [0.15, 0.2) is 42.6 Å². The SMILES string of the molecule is OC(CC1CCCCCN1Cc1ccn[nH]1)c1ccccc1. The number of nitrogens with zero attached hydrogens (tertiary/aromatic N) is 2. The zero-order valence-corrected chi connectivity index (χ0v) is 13.0. The van der Waals surface area contributed by atoms with Gasteiger partial charge in [-0.15, -0.1) is 0 Å². The van der Waals surface area contributed by atoms with Gasteiger partial charge >= 0.3 is 0 Å². The summed E-state index contributed by atoms with van der Waals surface area (Å²) in [4.78, 5) is 2.51. The van der Waals surface area contributed by atoms with Crippen LogP contribution in [0, 0.1) is 0 Å². The van der Waals surface area contributed by atoms with Gasteiger partial charge in [0.25, 0.3) is 0 Å². The van der Waals surface area contributed by atoms with E-state index >= 15 is 0 Å². The van der Waals surface area contributed by atoms with Crippen LogP contribution in [-0.4, -0.2) is 32.8 Å². The van der Waals surface area contributed by atoms with E-state index in [4.69, 9.17) is 0 Å². The van der Waals surface area contributed by atoms with Gasteiger partial charge in [0.05, 0.1) is 6.10 Å². The molecule has 2 N–H and O–H groups in total. The van der Waals surface area contributed by atoms with Crippen molar-refractivity contribution in [2.24, 2.45) is 0 Å². The zero-order valence-electron chi connectivity index (χ0n) is 13.0. The minimum absolute atomic E-state index is 0.381. The van der Waals surface area contributed by atoms with E-state index in [-0.39, 0.29) is 6.10 Å². The van der Waals surface area contributed by atoms with Crippen molar-refractivity contribution in [2.75, 3.05) is 6.54 Å². The monoisotopic (exact) mass is 299 g/mol. The predicted molar refractivity (Wildman–Crippen MR) is 87.3 cm³/mol. The van der Waals surface area contributed by atoms with Crippen molar-refractivity contribution in [3.05, 3.63) is 53.9 Å². The highest BCUT2D eigenvalue weighted by molar-refractivity contribution is 5.17. The third-order valence-corrected chi connectivity index (χ3v) is 4.61. The quantitative estimate of drug-likeness (QED) is 0.891. The summed E-state index contributed by atoms with van der Waals surface area (Å²) < 4.78 is 0. The fourth-order valence-electron chi connectivity index (χ4n) is 3.37. The van der Waals surface area contributed by atoms with Gasteiger partial charge in [-0.1, -0.05) is 43.2 Å². The number of H-pyrrole nitrogens is 1. The minimum Gasteiger partial charge on any atom is -0.388 e. The molecule has 1 aliphatic heterocycles. The molecule has 1 aromatic carbocycles. The molecule has 1 aromatic heterocycles. The van der Waals surface area contributed by atoms with Gasteiger partial charge < -0.3 is 5.11 Å². The molecule has 0 spiro atoms. The Labute approximate surface area is 132 Å². The summed E-state index contributed by atoms with van der Waals surface area (Å²) in [5.74, 6) is 0. The Morgan fingerprint density at radius 2 is 2.05 bits per heavy atom. The number of hydrogen-bond acceptors (Lipinski definition) is 3. The standard InChI is InChI=1S/C18H25N3O/c22-18(15-7-3-1-4-8-15)13-17-9-5-2-6-12-21(17)14-16-10-11-19-20-16/h1,3-4,7-8,10-11,17-18,22H,2,5-6,9,12-14H2,(H,19,20). The van der Waals surface area contributed by atoms with Crippen LogP contribution >= 0.6 is 0 Å². The lowest BCUT2D eigenvalue weighted by Crippen LogP contribution is -2.35. The molecule has 0 radical (unpaired) electrons. The summed E-state index contributed by atoms with van der Waals surface area (Å²) >= 11 is 0. The van der Waals surface area contributed by atoms with Crippen LogP contribution in [0.5, 0.6) is 0 Å². The van der Waals surface area contributed by atoms with Crippen LogP contribution in [0.1, 0.15) is 49.5 Å². The second-order valence-corrected chi connectivity index (χ2v) is 6.22. The number of nitrogens with one attached hydrogen (secondary N) is 1. The maximum absolute atomic E-state index is 10.6. The largest absolute Gasteiger partial charge is 0.388 e. The van der Waals surface area contributed by atoms with Gasteiger partial charge in [0.1, 0.15) is 0 Å². The predicted octanol–water partition coefficient (Wildman–Crippen LogP) is 3.28. The molecule has 4 heteroatoms. The molecular weight excluding hydrogens is 274 g/mol. The van der Waals surface area contributed by atoms with Crippen molar-refractivity contribution in [1.29, 1.82) is 0 Å². The van der Waals surface area contributed by atoms with E-state index < -0.39 is 0 Å². The summed E-state index contributed by atoms with van der Waals surface area (Å²) in [5, 5.41) is 17.7. The zero-order chi connectivity index (χ0) is 15.2. The summed E-state index contributed by atoms with van der Waals surface area (Å²) in [5.41, 5.74) is 2.18. The summed E-state index contributed by atoms with van der Waals surface area (Å²) in [6, 6.07) is 12.5. The van der Waals surface area contributed by atoms with Crippen molar-refractivity contribution in [3.8, 4) is 0 Å². The number of aromatic nitrogens is 2. The number of aromatic amines is 1. The highest BCUT2D eigenvalue weighted by Crippen LogP contribution is 2.27. The molecular formula is C18H25N3O. The third kappa shape index (κ3) is 3.96. The Kier molecular flexibility index (Phi) is 5.24. The number of rotatable bonds is 5. The van der Waals surface area contributed by atoms with E-state index in [1.54, 1.807) is 6.20 Å². The number of likely N-dealkylation sites (tertiary alicyclic amines) is 1. The fourth-order valence-corrected chi connectivity index (χ4v) is 3.37. The average Bonchev–Trinajstić information content (AvgIpc) is 2.97. The third-order valence-electron chi connectivity index (χ3n) is 4.61. The number of aliphatic hydroxyl groups excluding tert-OH is 1. The molecule has 118 valence electrons. The Balaban J connectivity index is 1.67. The lowest BCUT2D eigenvalue weighted by Gasteiger charge is -2.31. The molecule has 0 amide bonds. The van der Waals surface area contributed by atoms with Crippen LogP contribution in [-0.2, 0) is 6.54 Å². The van der Waals surface area contributed by atoms with E-state index in [0.717, 1.165) is 37.2 Å². The maximum Gasteiger partial charge on any atom is 0.0805 e.